The molecule has 0 spiro atoms. The van der Waals surface area contributed by atoms with E-state index in [-0.39, 0.29) is 33.2 Å². The van der Waals surface area contributed by atoms with Gasteiger partial charge in [-0.15, -0.1) is 0 Å². The van der Waals surface area contributed by atoms with Crippen LogP contribution in [0, 0.1) is 12.7 Å². The lowest BCUT2D eigenvalue weighted by Gasteiger charge is -2.32. The van der Waals surface area contributed by atoms with E-state index < -0.39 is 40.2 Å². The lowest BCUT2D eigenvalue weighted by atomic mass is 10.1. The van der Waals surface area contributed by atoms with Crippen LogP contribution in [0.15, 0.2) is 71.6 Å². The van der Waals surface area contributed by atoms with Crippen LogP contribution < -0.4 is 9.62 Å². The lowest BCUT2D eigenvalue weighted by molar-refractivity contribution is -0.139. The molecule has 208 valence electrons. The molecule has 0 saturated heterocycles. The van der Waals surface area contributed by atoms with Gasteiger partial charge in [0, 0.05) is 22.6 Å². The van der Waals surface area contributed by atoms with Gasteiger partial charge < -0.3 is 10.2 Å². The van der Waals surface area contributed by atoms with E-state index in [9.17, 15) is 22.4 Å². The highest BCUT2D eigenvalue weighted by atomic mass is 35.5. The molecule has 0 heterocycles. The molecule has 39 heavy (non-hydrogen) atoms. The van der Waals surface area contributed by atoms with Crippen molar-refractivity contribution in [2.45, 2.75) is 51.2 Å². The zero-order valence-corrected chi connectivity index (χ0v) is 24.3. The maximum atomic E-state index is 13.8. The van der Waals surface area contributed by atoms with Gasteiger partial charge in [0.05, 0.1) is 10.6 Å². The van der Waals surface area contributed by atoms with Gasteiger partial charge in [-0.25, -0.2) is 12.8 Å². The van der Waals surface area contributed by atoms with Crippen LogP contribution in [0.3, 0.4) is 0 Å². The molecule has 11 heteroatoms. The first kappa shape index (κ1) is 30.4. The molecule has 3 aromatic carbocycles. The number of benzene rings is 3. The molecule has 0 aliphatic heterocycles. The Kier molecular flexibility index (Phi) is 9.98. The monoisotopic (exact) mass is 593 g/mol. The topological polar surface area (TPSA) is 86.8 Å². The second kappa shape index (κ2) is 12.8. The second-order valence-electron chi connectivity index (χ2n) is 9.44. The molecule has 2 amide bonds. The Morgan fingerprint density at radius 3 is 2.03 bits per heavy atom. The average Bonchev–Trinajstić information content (AvgIpc) is 2.85. The summed E-state index contributed by atoms with van der Waals surface area (Å²) in [5.41, 5.74) is 1.51. The molecule has 3 aromatic rings. The van der Waals surface area contributed by atoms with E-state index in [2.05, 4.69) is 5.32 Å². The first-order chi connectivity index (χ1) is 18.3. The Hall–Kier alpha value is -3.14. The van der Waals surface area contributed by atoms with Crippen LogP contribution in [0.5, 0.6) is 0 Å². The summed E-state index contributed by atoms with van der Waals surface area (Å²) in [5.74, 6) is -1.52. The minimum absolute atomic E-state index is 0.0346. The fraction of sp³-hybridized carbons (Fsp3) is 0.286. The van der Waals surface area contributed by atoms with Crippen molar-refractivity contribution in [3.8, 4) is 0 Å². The number of nitrogens with one attached hydrogen (secondary N) is 1. The first-order valence-electron chi connectivity index (χ1n) is 12.2. The number of sulfonamides is 1. The third-order valence-corrected chi connectivity index (χ3v) is 8.11. The van der Waals surface area contributed by atoms with Crippen LogP contribution in [0.2, 0.25) is 10.0 Å². The van der Waals surface area contributed by atoms with Crippen LogP contribution in [-0.4, -0.2) is 43.8 Å². The molecule has 0 bridgehead atoms. The maximum absolute atomic E-state index is 13.8. The number of carbonyl (C=O) groups is 2. The molecule has 0 radical (unpaired) electrons. The molecule has 0 aromatic heterocycles. The van der Waals surface area contributed by atoms with Crippen molar-refractivity contribution in [1.29, 1.82) is 0 Å². The highest BCUT2D eigenvalue weighted by Crippen LogP contribution is 2.30. The van der Waals surface area contributed by atoms with Crippen molar-refractivity contribution in [1.82, 2.24) is 10.2 Å². The van der Waals surface area contributed by atoms with E-state index in [4.69, 9.17) is 23.2 Å². The van der Waals surface area contributed by atoms with E-state index in [1.807, 2.05) is 6.92 Å². The van der Waals surface area contributed by atoms with Gasteiger partial charge in [-0.3, -0.25) is 13.9 Å². The van der Waals surface area contributed by atoms with Crippen molar-refractivity contribution in [2.24, 2.45) is 0 Å². The molecular formula is C28H30Cl2FN3O4S. The molecule has 1 atom stereocenters. The number of hydrogen-bond acceptors (Lipinski definition) is 4. The summed E-state index contributed by atoms with van der Waals surface area (Å²) in [6.07, 6.45) is 0. The third-order valence-electron chi connectivity index (χ3n) is 5.89. The van der Waals surface area contributed by atoms with Crippen molar-refractivity contribution < 1.29 is 22.4 Å². The number of hydrogen-bond donors (Lipinski definition) is 1. The van der Waals surface area contributed by atoms with Crippen LogP contribution >= 0.6 is 23.2 Å². The number of carbonyl (C=O) groups excluding carboxylic acids is 2. The number of anilines is 1. The Labute approximate surface area is 238 Å². The predicted molar refractivity (Wildman–Crippen MR) is 152 cm³/mol. The highest BCUT2D eigenvalue weighted by Gasteiger charge is 2.33. The number of amides is 2. The fourth-order valence-electron chi connectivity index (χ4n) is 3.82. The summed E-state index contributed by atoms with van der Waals surface area (Å²) in [5, 5.41) is 3.14. The minimum atomic E-state index is -4.26. The zero-order chi connectivity index (χ0) is 28.9. The molecule has 0 unspecified atom stereocenters. The summed E-state index contributed by atoms with van der Waals surface area (Å²) in [4.78, 5) is 28.0. The summed E-state index contributed by atoms with van der Waals surface area (Å²) in [6.45, 7) is 6.25. The zero-order valence-electron chi connectivity index (χ0n) is 22.0. The van der Waals surface area contributed by atoms with Crippen LogP contribution in [0.1, 0.15) is 31.9 Å². The molecule has 0 fully saturated rings. The Bertz CT molecular complexity index is 1410. The quantitative estimate of drug-likeness (QED) is 0.332. The standard InChI is InChI=1S/C28H30Cl2FN3O4S/c1-18(2)32-28(36)20(4)33(16-21-7-9-24(31)10-8-21)27(35)17-34(25-14-22(29)13-23(30)15-25)39(37,38)26-11-5-19(3)6-12-26/h5-15,18,20H,16-17H2,1-4H3,(H,32,36)/t20-/m1/s1. The molecule has 7 nitrogen and oxygen atoms in total. The summed E-state index contributed by atoms with van der Waals surface area (Å²) in [6, 6.07) is 14.8. The molecule has 0 aliphatic carbocycles. The number of rotatable bonds is 10. The average molecular weight is 595 g/mol. The summed E-state index contributed by atoms with van der Waals surface area (Å²) < 4.78 is 42.1. The van der Waals surface area contributed by atoms with Gasteiger partial charge in [0.15, 0.2) is 0 Å². The van der Waals surface area contributed by atoms with Crippen LogP contribution in [0.25, 0.3) is 0 Å². The Morgan fingerprint density at radius 2 is 1.49 bits per heavy atom. The minimum Gasteiger partial charge on any atom is -0.352 e. The van der Waals surface area contributed by atoms with E-state index in [0.29, 0.717) is 5.56 Å². The smallest absolute Gasteiger partial charge is 0.264 e. The van der Waals surface area contributed by atoms with Gasteiger partial charge in [0.2, 0.25) is 11.8 Å². The van der Waals surface area contributed by atoms with Gasteiger partial charge in [0.25, 0.3) is 10.0 Å². The van der Waals surface area contributed by atoms with Crippen molar-refractivity contribution in [3.63, 3.8) is 0 Å². The van der Waals surface area contributed by atoms with E-state index >= 15 is 0 Å². The normalized spacial score (nSPS) is 12.2. The number of nitrogens with zero attached hydrogens (tertiary/aromatic N) is 2. The molecule has 1 N–H and O–H groups in total. The SMILES string of the molecule is Cc1ccc(S(=O)(=O)N(CC(=O)N(Cc2ccc(F)cc2)[C@H](C)C(=O)NC(C)C)c2cc(Cl)cc(Cl)c2)cc1. The van der Waals surface area contributed by atoms with Crippen molar-refractivity contribution in [3.05, 3.63) is 93.7 Å². The van der Waals surface area contributed by atoms with Crippen LogP contribution in [0.4, 0.5) is 10.1 Å². The summed E-state index contributed by atoms with van der Waals surface area (Å²) >= 11 is 12.4. The number of aryl methyl sites for hydroxylation is 1. The lowest BCUT2D eigenvalue weighted by Crippen LogP contribution is -2.52. The Morgan fingerprint density at radius 1 is 0.923 bits per heavy atom. The van der Waals surface area contributed by atoms with Gasteiger partial charge in [-0.1, -0.05) is 53.0 Å². The second-order valence-corrected chi connectivity index (χ2v) is 12.2. The van der Waals surface area contributed by atoms with Gasteiger partial charge in [0.1, 0.15) is 18.4 Å². The highest BCUT2D eigenvalue weighted by molar-refractivity contribution is 7.92. The molecular weight excluding hydrogens is 564 g/mol. The molecule has 0 saturated carbocycles. The molecule has 3 rings (SSSR count). The van der Waals surface area contributed by atoms with Gasteiger partial charge in [-0.2, -0.15) is 0 Å². The first-order valence-corrected chi connectivity index (χ1v) is 14.4. The van der Waals surface area contributed by atoms with E-state index in [1.54, 1.807) is 32.9 Å². The third kappa shape index (κ3) is 7.94. The van der Waals surface area contributed by atoms with Gasteiger partial charge in [-0.05, 0) is 75.7 Å². The maximum Gasteiger partial charge on any atom is 0.264 e. The van der Waals surface area contributed by atoms with Gasteiger partial charge >= 0.3 is 0 Å². The van der Waals surface area contributed by atoms with Crippen LogP contribution in [-0.2, 0) is 26.2 Å². The largest absolute Gasteiger partial charge is 0.352 e. The Balaban J connectivity index is 2.06. The van der Waals surface area contributed by atoms with E-state index in [1.165, 1.54) is 59.5 Å². The number of halogens is 3. The van der Waals surface area contributed by atoms with Crippen molar-refractivity contribution in [2.75, 3.05) is 10.8 Å². The fourth-order valence-corrected chi connectivity index (χ4v) is 5.74. The van der Waals surface area contributed by atoms with E-state index in [0.717, 1.165) is 9.87 Å². The molecule has 0 aliphatic rings. The summed E-state index contributed by atoms with van der Waals surface area (Å²) in [7, 11) is -4.26. The predicted octanol–water partition coefficient (Wildman–Crippen LogP) is 5.58. The van der Waals surface area contributed by atoms with Crippen molar-refractivity contribution >= 4 is 50.7 Å².